The average molecular weight is 259 g/mol. The standard InChI is InChI=1S/C11H18N.CH4O3S/c1-3-5-8-11-9-6-7-10-12(11)4-2;1-5(2,3)4/h6-7,9-10H,3-5,8H2,1-2H3;1H3,(H,2,3,4)/q+1;/p-1. The summed E-state index contributed by atoms with van der Waals surface area (Å²) >= 11 is 0. The molecule has 0 aliphatic carbocycles. The first-order chi connectivity index (χ1) is 7.88. The van der Waals surface area contributed by atoms with Gasteiger partial charge < -0.3 is 4.55 Å². The zero-order chi connectivity index (χ0) is 13.3. The van der Waals surface area contributed by atoms with E-state index in [9.17, 15) is 0 Å². The average Bonchev–Trinajstić information content (AvgIpc) is 2.24. The van der Waals surface area contributed by atoms with Crippen molar-refractivity contribution in [2.75, 3.05) is 6.26 Å². The first kappa shape index (κ1) is 16.1. The van der Waals surface area contributed by atoms with Gasteiger partial charge in [0.25, 0.3) is 0 Å². The third kappa shape index (κ3) is 9.96. The molecule has 4 nitrogen and oxygen atoms in total. The largest absolute Gasteiger partial charge is 0.748 e. The number of rotatable bonds is 4. The van der Waals surface area contributed by atoms with Gasteiger partial charge in [0.1, 0.15) is 6.54 Å². The summed E-state index contributed by atoms with van der Waals surface area (Å²) in [4.78, 5) is 0. The number of pyridine rings is 1. The number of unbranched alkanes of at least 4 members (excludes halogenated alkanes) is 1. The Labute approximate surface area is 104 Å². The van der Waals surface area contributed by atoms with Crippen LogP contribution < -0.4 is 4.57 Å². The summed E-state index contributed by atoms with van der Waals surface area (Å²) in [5.74, 6) is 0. The lowest BCUT2D eigenvalue weighted by molar-refractivity contribution is -0.700. The molecule has 1 rings (SSSR count). The van der Waals surface area contributed by atoms with Gasteiger partial charge in [0.05, 0.1) is 10.1 Å². The Morgan fingerprint density at radius 3 is 2.35 bits per heavy atom. The summed E-state index contributed by atoms with van der Waals surface area (Å²) in [5, 5.41) is 0. The van der Waals surface area contributed by atoms with Gasteiger partial charge in [-0.3, -0.25) is 0 Å². The van der Waals surface area contributed by atoms with Gasteiger partial charge in [-0.2, -0.15) is 0 Å². The van der Waals surface area contributed by atoms with Crippen molar-refractivity contribution in [1.29, 1.82) is 0 Å². The van der Waals surface area contributed by atoms with Crippen LogP contribution >= 0.6 is 0 Å². The fourth-order valence-corrected chi connectivity index (χ4v) is 1.41. The molecule has 17 heavy (non-hydrogen) atoms. The van der Waals surface area contributed by atoms with Crippen molar-refractivity contribution in [3.8, 4) is 0 Å². The van der Waals surface area contributed by atoms with Crippen molar-refractivity contribution >= 4 is 10.1 Å². The van der Waals surface area contributed by atoms with Gasteiger partial charge in [-0.15, -0.1) is 0 Å². The maximum absolute atomic E-state index is 9.08. The maximum Gasteiger partial charge on any atom is 0.181 e. The van der Waals surface area contributed by atoms with Crippen molar-refractivity contribution in [3.05, 3.63) is 30.1 Å². The molecule has 0 aliphatic rings. The first-order valence-corrected chi connectivity index (χ1v) is 7.58. The fourth-order valence-electron chi connectivity index (χ4n) is 1.41. The van der Waals surface area contributed by atoms with E-state index < -0.39 is 10.1 Å². The molecule has 0 amide bonds. The molecule has 0 bridgehead atoms. The molecule has 0 saturated heterocycles. The molecule has 98 valence electrons. The van der Waals surface area contributed by atoms with Crippen molar-refractivity contribution < 1.29 is 17.5 Å². The van der Waals surface area contributed by atoms with E-state index in [1.54, 1.807) is 0 Å². The highest BCUT2D eigenvalue weighted by atomic mass is 32.2. The van der Waals surface area contributed by atoms with Crippen LogP contribution in [0.1, 0.15) is 32.4 Å². The molecular weight excluding hydrogens is 238 g/mol. The van der Waals surface area contributed by atoms with E-state index >= 15 is 0 Å². The molecule has 0 unspecified atom stereocenters. The van der Waals surface area contributed by atoms with E-state index in [1.165, 1.54) is 25.0 Å². The highest BCUT2D eigenvalue weighted by Crippen LogP contribution is 1.98. The maximum atomic E-state index is 9.08. The van der Waals surface area contributed by atoms with Crippen molar-refractivity contribution in [1.82, 2.24) is 0 Å². The van der Waals surface area contributed by atoms with Crippen LogP contribution in [0.15, 0.2) is 24.4 Å². The van der Waals surface area contributed by atoms with E-state index in [4.69, 9.17) is 13.0 Å². The van der Waals surface area contributed by atoms with Crippen LogP contribution in [-0.2, 0) is 23.1 Å². The molecule has 0 N–H and O–H groups in total. The van der Waals surface area contributed by atoms with Gasteiger partial charge in [0, 0.05) is 24.8 Å². The molecule has 1 aromatic heterocycles. The molecule has 0 radical (unpaired) electrons. The van der Waals surface area contributed by atoms with Crippen molar-refractivity contribution in [3.63, 3.8) is 0 Å². The molecule has 0 aromatic carbocycles. The quantitative estimate of drug-likeness (QED) is 0.608. The normalized spacial score (nSPS) is 10.6. The minimum absolute atomic E-state index is 0.604. The summed E-state index contributed by atoms with van der Waals surface area (Å²) in [7, 11) is -3.92. The Hall–Kier alpha value is -0.940. The van der Waals surface area contributed by atoms with Gasteiger partial charge in [-0.1, -0.05) is 19.4 Å². The monoisotopic (exact) mass is 259 g/mol. The second-order valence-corrected chi connectivity index (χ2v) is 5.19. The summed E-state index contributed by atoms with van der Waals surface area (Å²) in [6.07, 6.45) is 6.55. The lowest BCUT2D eigenvalue weighted by Gasteiger charge is -1.99. The van der Waals surface area contributed by atoms with E-state index in [0.717, 1.165) is 6.54 Å². The van der Waals surface area contributed by atoms with Crippen molar-refractivity contribution in [2.45, 2.75) is 39.7 Å². The van der Waals surface area contributed by atoms with Gasteiger partial charge >= 0.3 is 0 Å². The SMILES string of the molecule is CCCCc1cccc[n+]1CC.CS(=O)(=O)[O-]. The number of nitrogens with zero attached hydrogens (tertiary/aromatic N) is 1. The third-order valence-corrected chi connectivity index (χ3v) is 2.16. The summed E-state index contributed by atoms with van der Waals surface area (Å²) < 4.78 is 29.5. The zero-order valence-corrected chi connectivity index (χ0v) is 11.5. The first-order valence-electron chi connectivity index (χ1n) is 5.76. The predicted octanol–water partition coefficient (Wildman–Crippen LogP) is 1.50. The molecule has 0 spiro atoms. The second kappa shape index (κ2) is 8.20. The van der Waals surface area contributed by atoms with Crippen LogP contribution in [-0.4, -0.2) is 19.2 Å². The minimum Gasteiger partial charge on any atom is -0.748 e. The number of hydrogen-bond acceptors (Lipinski definition) is 3. The Kier molecular flexibility index (Phi) is 7.74. The number of aromatic nitrogens is 1. The van der Waals surface area contributed by atoms with Crippen LogP contribution in [0.4, 0.5) is 0 Å². The second-order valence-electron chi connectivity index (χ2n) is 3.79. The van der Waals surface area contributed by atoms with E-state index in [-0.39, 0.29) is 0 Å². The minimum atomic E-state index is -3.92. The van der Waals surface area contributed by atoms with E-state index in [0.29, 0.717) is 6.26 Å². The Bertz CT molecular complexity index is 408. The lowest BCUT2D eigenvalue weighted by atomic mass is 10.2. The van der Waals surface area contributed by atoms with Crippen molar-refractivity contribution in [2.24, 2.45) is 0 Å². The van der Waals surface area contributed by atoms with E-state index in [2.05, 4.69) is 42.8 Å². The molecule has 0 fully saturated rings. The van der Waals surface area contributed by atoms with Crippen LogP contribution in [0.25, 0.3) is 0 Å². The topological polar surface area (TPSA) is 61.1 Å². The predicted molar refractivity (Wildman–Crippen MR) is 66.5 cm³/mol. The van der Waals surface area contributed by atoms with Gasteiger partial charge in [0.2, 0.25) is 0 Å². The Morgan fingerprint density at radius 1 is 1.29 bits per heavy atom. The van der Waals surface area contributed by atoms with Crippen LogP contribution in [0, 0.1) is 0 Å². The lowest BCUT2D eigenvalue weighted by Crippen LogP contribution is -2.36. The van der Waals surface area contributed by atoms with Crippen LogP contribution in [0.5, 0.6) is 0 Å². The third-order valence-electron chi connectivity index (χ3n) is 2.16. The molecule has 0 aliphatic heterocycles. The smallest absolute Gasteiger partial charge is 0.181 e. The van der Waals surface area contributed by atoms with Crippen LogP contribution in [0.3, 0.4) is 0 Å². The summed E-state index contributed by atoms with van der Waals surface area (Å²) in [5.41, 5.74) is 1.46. The van der Waals surface area contributed by atoms with Crippen LogP contribution in [0.2, 0.25) is 0 Å². The summed E-state index contributed by atoms with van der Waals surface area (Å²) in [6, 6.07) is 6.44. The van der Waals surface area contributed by atoms with Gasteiger partial charge in [-0.05, 0) is 13.3 Å². The van der Waals surface area contributed by atoms with Gasteiger partial charge in [-0.25, -0.2) is 13.0 Å². The number of aryl methyl sites for hydroxylation is 2. The zero-order valence-electron chi connectivity index (χ0n) is 10.7. The highest BCUT2D eigenvalue weighted by Gasteiger charge is 2.04. The fraction of sp³-hybridized carbons (Fsp3) is 0.583. The highest BCUT2D eigenvalue weighted by molar-refractivity contribution is 7.84. The molecule has 1 heterocycles. The molecular formula is C12H21NO3S. The van der Waals surface area contributed by atoms with E-state index in [1.807, 2.05) is 0 Å². The molecule has 5 heteroatoms. The van der Waals surface area contributed by atoms with Gasteiger partial charge in [0.15, 0.2) is 11.9 Å². The Balaban J connectivity index is 0.000000437. The summed E-state index contributed by atoms with van der Waals surface area (Å²) in [6.45, 7) is 5.51. The molecule has 1 aromatic rings. The number of hydrogen-bond donors (Lipinski definition) is 0. The molecule has 0 atom stereocenters. The molecule has 0 saturated carbocycles. The Morgan fingerprint density at radius 2 is 1.88 bits per heavy atom.